The zero-order valence-electron chi connectivity index (χ0n) is 10.1. The summed E-state index contributed by atoms with van der Waals surface area (Å²) < 4.78 is 5.54. The van der Waals surface area contributed by atoms with Crippen molar-refractivity contribution in [2.45, 2.75) is 19.6 Å². The Balaban J connectivity index is 0.00000144. The smallest absolute Gasteiger partial charge is 0.0824 e. The van der Waals surface area contributed by atoms with Crippen molar-refractivity contribution in [3.63, 3.8) is 0 Å². The highest BCUT2D eigenvalue weighted by Gasteiger charge is 2.19. The van der Waals surface area contributed by atoms with Gasteiger partial charge in [-0.25, -0.2) is 0 Å². The average molecular weight is 258 g/mol. The van der Waals surface area contributed by atoms with Gasteiger partial charge in [0.2, 0.25) is 0 Å². The van der Waals surface area contributed by atoms with Gasteiger partial charge < -0.3 is 10.5 Å². The molecule has 0 aliphatic carbocycles. The third-order valence-electron chi connectivity index (χ3n) is 2.98. The average Bonchev–Trinajstić information content (AvgIpc) is 2.32. The first-order chi connectivity index (χ1) is 7.79. The maximum Gasteiger partial charge on any atom is 0.0824 e. The van der Waals surface area contributed by atoms with E-state index in [1.54, 1.807) is 0 Å². The van der Waals surface area contributed by atoms with E-state index in [0.29, 0.717) is 6.54 Å². The van der Waals surface area contributed by atoms with Crippen molar-refractivity contribution in [3.05, 3.63) is 29.6 Å². The lowest BCUT2D eigenvalue weighted by Gasteiger charge is -2.32. The van der Waals surface area contributed by atoms with Gasteiger partial charge in [-0.3, -0.25) is 9.88 Å². The van der Waals surface area contributed by atoms with E-state index >= 15 is 0 Å². The lowest BCUT2D eigenvalue weighted by Crippen LogP contribution is -2.45. The van der Waals surface area contributed by atoms with Crippen LogP contribution in [0, 0.1) is 6.92 Å². The first-order valence-electron chi connectivity index (χ1n) is 5.74. The second-order valence-electron chi connectivity index (χ2n) is 4.23. The monoisotopic (exact) mass is 257 g/mol. The van der Waals surface area contributed by atoms with Crippen molar-refractivity contribution in [1.29, 1.82) is 0 Å². The van der Waals surface area contributed by atoms with Crippen LogP contribution in [0.1, 0.15) is 11.3 Å². The number of hydrogen-bond donors (Lipinski definition) is 1. The Morgan fingerprint density at radius 1 is 1.59 bits per heavy atom. The van der Waals surface area contributed by atoms with Crippen LogP contribution >= 0.6 is 12.4 Å². The Labute approximate surface area is 109 Å². The molecule has 2 heterocycles. The first kappa shape index (κ1) is 14.4. The normalized spacial score (nSPS) is 20.9. The Morgan fingerprint density at radius 3 is 3.12 bits per heavy atom. The van der Waals surface area contributed by atoms with E-state index in [4.69, 9.17) is 10.5 Å². The molecule has 1 atom stereocenters. The number of morpholine rings is 1. The summed E-state index contributed by atoms with van der Waals surface area (Å²) in [5, 5.41) is 0. The predicted molar refractivity (Wildman–Crippen MR) is 70.3 cm³/mol. The maximum absolute atomic E-state index is 5.62. The van der Waals surface area contributed by atoms with Crippen molar-refractivity contribution < 1.29 is 4.74 Å². The highest BCUT2D eigenvalue weighted by Crippen LogP contribution is 2.11. The molecule has 1 aliphatic rings. The van der Waals surface area contributed by atoms with Gasteiger partial charge in [0.25, 0.3) is 0 Å². The molecule has 0 aromatic carbocycles. The Bertz CT molecular complexity index is 348. The highest BCUT2D eigenvalue weighted by molar-refractivity contribution is 5.85. The fraction of sp³-hybridized carbons (Fsp3) is 0.583. The molecule has 17 heavy (non-hydrogen) atoms. The summed E-state index contributed by atoms with van der Waals surface area (Å²) >= 11 is 0. The van der Waals surface area contributed by atoms with Crippen LogP contribution < -0.4 is 5.73 Å². The van der Waals surface area contributed by atoms with Crippen LogP contribution in [0.3, 0.4) is 0 Å². The molecule has 1 fully saturated rings. The fourth-order valence-electron chi connectivity index (χ4n) is 1.96. The number of hydrogen-bond acceptors (Lipinski definition) is 4. The third kappa shape index (κ3) is 3.92. The molecule has 1 saturated heterocycles. The lowest BCUT2D eigenvalue weighted by molar-refractivity contribution is -0.0264. The van der Waals surface area contributed by atoms with Crippen LogP contribution in [0.5, 0.6) is 0 Å². The van der Waals surface area contributed by atoms with Gasteiger partial charge in [0.05, 0.1) is 18.4 Å². The van der Waals surface area contributed by atoms with Crippen LogP contribution in [0.2, 0.25) is 0 Å². The van der Waals surface area contributed by atoms with Crippen molar-refractivity contribution in [1.82, 2.24) is 9.88 Å². The van der Waals surface area contributed by atoms with Crippen LogP contribution in [0.15, 0.2) is 18.3 Å². The third-order valence-corrected chi connectivity index (χ3v) is 2.98. The topological polar surface area (TPSA) is 51.4 Å². The summed E-state index contributed by atoms with van der Waals surface area (Å²) in [6.45, 7) is 6.24. The largest absolute Gasteiger partial charge is 0.374 e. The molecule has 1 aliphatic heterocycles. The summed E-state index contributed by atoms with van der Waals surface area (Å²) in [4.78, 5) is 6.77. The molecule has 0 saturated carbocycles. The zero-order chi connectivity index (χ0) is 11.4. The van der Waals surface area contributed by atoms with E-state index in [1.165, 1.54) is 5.56 Å². The molecule has 2 rings (SSSR count). The number of rotatable bonds is 3. The number of aryl methyl sites for hydroxylation is 1. The highest BCUT2D eigenvalue weighted by atomic mass is 35.5. The molecule has 1 unspecified atom stereocenters. The lowest BCUT2D eigenvalue weighted by atomic mass is 10.2. The van der Waals surface area contributed by atoms with Crippen molar-refractivity contribution >= 4 is 12.4 Å². The van der Waals surface area contributed by atoms with Crippen LogP contribution in [0.25, 0.3) is 0 Å². The van der Waals surface area contributed by atoms with E-state index < -0.39 is 0 Å². The van der Waals surface area contributed by atoms with Gasteiger partial charge in [0, 0.05) is 32.4 Å². The van der Waals surface area contributed by atoms with Gasteiger partial charge in [0.1, 0.15) is 0 Å². The minimum atomic E-state index is 0. The first-order valence-corrected chi connectivity index (χ1v) is 5.74. The Hall–Kier alpha value is -0.680. The zero-order valence-corrected chi connectivity index (χ0v) is 10.9. The van der Waals surface area contributed by atoms with Crippen LogP contribution in [0.4, 0.5) is 0 Å². The molecule has 5 heteroatoms. The quantitative estimate of drug-likeness (QED) is 0.877. The summed E-state index contributed by atoms with van der Waals surface area (Å²) in [5.41, 5.74) is 8.02. The van der Waals surface area contributed by atoms with Crippen molar-refractivity contribution in [3.8, 4) is 0 Å². The van der Waals surface area contributed by atoms with E-state index in [0.717, 1.165) is 31.9 Å². The molecular weight excluding hydrogens is 238 g/mol. The van der Waals surface area contributed by atoms with Gasteiger partial charge in [-0.15, -0.1) is 12.4 Å². The van der Waals surface area contributed by atoms with E-state index in [-0.39, 0.29) is 18.5 Å². The molecule has 0 bridgehead atoms. The van der Waals surface area contributed by atoms with E-state index in [2.05, 4.69) is 22.9 Å². The number of ether oxygens (including phenoxy) is 1. The minimum absolute atomic E-state index is 0. The van der Waals surface area contributed by atoms with Gasteiger partial charge in [-0.1, -0.05) is 6.07 Å². The maximum atomic E-state index is 5.62. The molecule has 0 amide bonds. The molecule has 2 N–H and O–H groups in total. The second-order valence-corrected chi connectivity index (χ2v) is 4.23. The summed E-state index contributed by atoms with van der Waals surface area (Å²) in [7, 11) is 0. The number of nitrogens with two attached hydrogens (primary N) is 1. The molecule has 1 aromatic heterocycles. The summed E-state index contributed by atoms with van der Waals surface area (Å²) in [6, 6.07) is 4.07. The predicted octanol–water partition coefficient (Wildman–Crippen LogP) is 0.971. The molecular formula is C12H20ClN3O. The molecule has 0 radical (unpaired) electrons. The number of aromatic nitrogens is 1. The summed E-state index contributed by atoms with van der Waals surface area (Å²) in [6.07, 6.45) is 2.03. The number of halogens is 1. The van der Waals surface area contributed by atoms with Crippen molar-refractivity contribution in [2.75, 3.05) is 26.2 Å². The SMILES string of the molecule is Cc1cccnc1CN1CCOC(CN)C1.Cl. The Morgan fingerprint density at radius 2 is 2.41 bits per heavy atom. The standard InChI is InChI=1S/C12H19N3O.ClH/c1-10-3-2-4-14-12(10)9-15-5-6-16-11(7-13)8-15;/h2-4,11H,5-9,13H2,1H3;1H. The van der Waals surface area contributed by atoms with Gasteiger partial charge in [-0.05, 0) is 18.6 Å². The molecule has 0 spiro atoms. The van der Waals surface area contributed by atoms with Gasteiger partial charge in [-0.2, -0.15) is 0 Å². The molecule has 96 valence electrons. The molecule has 4 nitrogen and oxygen atoms in total. The van der Waals surface area contributed by atoms with Crippen LogP contribution in [-0.4, -0.2) is 42.2 Å². The summed E-state index contributed by atoms with van der Waals surface area (Å²) in [5.74, 6) is 0. The van der Waals surface area contributed by atoms with Gasteiger partial charge >= 0.3 is 0 Å². The van der Waals surface area contributed by atoms with E-state index in [9.17, 15) is 0 Å². The van der Waals surface area contributed by atoms with E-state index in [1.807, 2.05) is 12.3 Å². The fourth-order valence-corrected chi connectivity index (χ4v) is 1.96. The van der Waals surface area contributed by atoms with Gasteiger partial charge in [0.15, 0.2) is 0 Å². The van der Waals surface area contributed by atoms with Crippen LogP contribution in [-0.2, 0) is 11.3 Å². The van der Waals surface area contributed by atoms with Crippen molar-refractivity contribution in [2.24, 2.45) is 5.73 Å². The molecule has 1 aromatic rings. The number of nitrogens with zero attached hydrogens (tertiary/aromatic N) is 2. The Kier molecular flexibility index (Phi) is 5.85. The minimum Gasteiger partial charge on any atom is -0.374 e. The second kappa shape index (κ2) is 6.91. The number of pyridine rings is 1.